The third kappa shape index (κ3) is 115. The summed E-state index contributed by atoms with van der Waals surface area (Å²) in [5.74, 6) is -3.64. The van der Waals surface area contributed by atoms with Crippen molar-refractivity contribution < 1.29 is 39.6 Å². The second-order valence-electron chi connectivity index (χ2n) is 20.7. The Hall–Kier alpha value is -0.523. The zero-order valence-electron chi connectivity index (χ0n) is 51.0. The van der Waals surface area contributed by atoms with Gasteiger partial charge in [0.15, 0.2) is 0 Å². The van der Waals surface area contributed by atoms with Gasteiger partial charge in [0.25, 0.3) is 0 Å². The summed E-state index contributed by atoms with van der Waals surface area (Å²) in [5, 5.41) is 40.4. The molecule has 0 aromatic rings. The number of carboxylic acid groups (broad SMARTS) is 4. The van der Waals surface area contributed by atoms with Gasteiger partial charge < -0.3 is 39.6 Å². The van der Waals surface area contributed by atoms with Gasteiger partial charge in [-0.3, -0.25) is 0 Å². The van der Waals surface area contributed by atoms with Crippen molar-refractivity contribution >= 4 is 66.2 Å². The molecule has 0 bridgehead atoms. The van der Waals surface area contributed by atoms with Crippen LogP contribution in [0, 0.1) is 0 Å². The zero-order valence-corrected chi connectivity index (χ0v) is 56.7. The van der Waals surface area contributed by atoms with Gasteiger partial charge in [-0.1, -0.05) is 233 Å². The molecule has 10 heteroatoms. The predicted molar refractivity (Wildman–Crippen MR) is 318 cm³/mol. The predicted octanol–water partition coefficient (Wildman–Crippen LogP) is 16.9. The molecule has 0 radical (unpaired) electrons. The van der Waals surface area contributed by atoms with E-state index in [9.17, 15) is 39.6 Å². The van der Waals surface area contributed by atoms with Crippen LogP contribution < -0.4 is 20.4 Å². The molecule has 0 N–H and O–H groups in total. The van der Waals surface area contributed by atoms with Crippen LogP contribution in [0.1, 0.15) is 364 Å². The third-order valence-electron chi connectivity index (χ3n) is 12.8. The zero-order chi connectivity index (χ0) is 56.5. The molecule has 0 heterocycles. The summed E-state index contributed by atoms with van der Waals surface area (Å²) in [6, 6.07) is 0. The van der Waals surface area contributed by atoms with Crippen LogP contribution in [-0.2, 0) is 19.2 Å². The molecule has 0 saturated heterocycles. The summed E-state index contributed by atoms with van der Waals surface area (Å²) in [6.07, 6.45) is 56.3. The van der Waals surface area contributed by atoms with Gasteiger partial charge in [0.1, 0.15) is 0 Å². The van der Waals surface area contributed by atoms with E-state index in [1.165, 1.54) is 231 Å². The van der Waals surface area contributed by atoms with Crippen LogP contribution >= 0.6 is 0 Å². The minimum absolute atomic E-state index is 0.149. The second kappa shape index (κ2) is 86.4. The number of unbranched alkanes of at least 4 members (excludes halogenated alkanes) is 36. The first-order valence-corrected chi connectivity index (χ1v) is 40.2. The van der Waals surface area contributed by atoms with Crippen molar-refractivity contribution in [2.24, 2.45) is 0 Å². The van der Waals surface area contributed by atoms with Gasteiger partial charge in [-0.2, -0.15) is 0 Å². The van der Waals surface area contributed by atoms with E-state index in [0.29, 0.717) is 0 Å². The van der Waals surface area contributed by atoms with Crippen molar-refractivity contribution in [3.8, 4) is 0 Å². The van der Waals surface area contributed by atoms with Crippen molar-refractivity contribution in [3.05, 3.63) is 0 Å². The average Bonchev–Trinajstić information content (AvgIpc) is 3.37. The minimum atomic E-state index is -0.909. The van der Waals surface area contributed by atoms with E-state index in [0.717, 1.165) is 51.4 Å². The molecule has 0 aliphatic heterocycles. The number of rotatable bonds is 52. The molecule has 0 amide bonds. The standard InChI is InChI=1S/4C12H24O2.4C4H9.2Sn/c4*1-2-3-4-5-6-7-8-9-10-11-12(13)14;4*1-3-4-2;;/h4*2-11H2,1H3,(H,13,14);4*1,3-4H2,2H3;;/q;;;;;;;;2*+2/p-4. The van der Waals surface area contributed by atoms with Gasteiger partial charge in [0, 0.05) is 23.9 Å². The van der Waals surface area contributed by atoms with Gasteiger partial charge in [0.2, 0.25) is 0 Å². The Morgan fingerprint density at radius 1 is 0.203 bits per heavy atom. The number of carbonyl (C=O) groups is 4. The van der Waals surface area contributed by atoms with Crippen LogP contribution in [0.2, 0.25) is 17.7 Å². The Morgan fingerprint density at radius 2 is 0.324 bits per heavy atom. The van der Waals surface area contributed by atoms with Crippen LogP contribution in [0.25, 0.3) is 0 Å². The fourth-order valence-corrected chi connectivity index (χ4v) is 16.1. The van der Waals surface area contributed by atoms with Gasteiger partial charge in [-0.15, -0.1) is 0 Å². The summed E-state index contributed by atoms with van der Waals surface area (Å²) in [4.78, 5) is 40.4. The molecule has 0 aliphatic carbocycles. The molecule has 0 fully saturated rings. The number of aliphatic carboxylic acids is 4. The Morgan fingerprint density at radius 3 is 0.446 bits per heavy atom. The molecule has 0 atom stereocenters. The molecule has 0 aromatic carbocycles. The van der Waals surface area contributed by atoms with Crippen molar-refractivity contribution in [2.75, 3.05) is 0 Å². The molecule has 0 rings (SSSR count). The van der Waals surface area contributed by atoms with E-state index in [-0.39, 0.29) is 68.0 Å². The molecule has 0 aromatic heterocycles. The quantitative estimate of drug-likeness (QED) is 0.0430. The number of carbonyl (C=O) groups excluding carboxylic acids is 4. The monoisotopic (exact) mass is 1260 g/mol. The van der Waals surface area contributed by atoms with Crippen molar-refractivity contribution in [3.63, 3.8) is 0 Å². The molecule has 8 nitrogen and oxygen atoms in total. The molecule has 0 unspecified atom stereocenters. The summed E-state index contributed by atoms with van der Waals surface area (Å²) in [5.41, 5.74) is 0. The Kier molecular flexibility index (Phi) is 98.9. The molecule has 0 spiro atoms. The number of hydrogen-bond donors (Lipinski definition) is 0. The first-order valence-electron chi connectivity index (χ1n) is 32.1. The second-order valence-corrected chi connectivity index (χ2v) is 29.3. The fraction of sp³-hybridized carbons (Fsp3) is 0.938. The Balaban J connectivity index is -0.000000189. The first-order chi connectivity index (χ1) is 35.9. The molecule has 0 saturated carbocycles. The van der Waals surface area contributed by atoms with E-state index in [2.05, 4.69) is 55.4 Å². The Labute approximate surface area is 483 Å². The maximum absolute atomic E-state index is 10.1. The molecule has 74 heavy (non-hydrogen) atoms. The van der Waals surface area contributed by atoms with Gasteiger partial charge >= 0.3 is 139 Å². The van der Waals surface area contributed by atoms with E-state index in [1.807, 2.05) is 0 Å². The summed E-state index contributed by atoms with van der Waals surface area (Å²) < 4.78 is 6.50. The van der Waals surface area contributed by atoms with Crippen LogP contribution in [0.15, 0.2) is 0 Å². The van der Waals surface area contributed by atoms with Crippen molar-refractivity contribution in [1.82, 2.24) is 0 Å². The molecule has 0 aliphatic rings. The number of carboxylic acids is 4. The third-order valence-corrected chi connectivity index (χ3v) is 20.8. The molecular formula is C64H128O8Sn2. The average molecular weight is 1260 g/mol. The van der Waals surface area contributed by atoms with Gasteiger partial charge in [0.05, 0.1) is 0 Å². The normalized spacial score (nSPS) is 10.1. The van der Waals surface area contributed by atoms with E-state index in [1.54, 1.807) is 17.7 Å². The van der Waals surface area contributed by atoms with Crippen LogP contribution in [0.4, 0.5) is 0 Å². The summed E-state index contributed by atoms with van der Waals surface area (Å²) in [6.45, 7) is 18.1. The fourth-order valence-electron chi connectivity index (χ4n) is 7.78. The van der Waals surface area contributed by atoms with Crippen molar-refractivity contribution in [1.29, 1.82) is 0 Å². The topological polar surface area (TPSA) is 161 Å². The van der Waals surface area contributed by atoms with E-state index < -0.39 is 23.9 Å². The van der Waals surface area contributed by atoms with E-state index in [4.69, 9.17) is 0 Å². The van der Waals surface area contributed by atoms with Gasteiger partial charge in [-0.25, -0.2) is 0 Å². The van der Waals surface area contributed by atoms with Crippen LogP contribution in [-0.4, -0.2) is 66.2 Å². The Bertz CT molecular complexity index is 860. The number of hydrogen-bond acceptors (Lipinski definition) is 8. The maximum atomic E-state index is 10.1. The molecule has 440 valence electrons. The van der Waals surface area contributed by atoms with Crippen LogP contribution in [0.3, 0.4) is 0 Å². The molecular weight excluding hydrogens is 1130 g/mol. The SMILES string of the molecule is CCCCCCCCCCCC(=O)[O-].CCCCCCCCCCCC(=O)[O-].CCCCCCCCCCCC(=O)[O-].CCCCCCCCCCCC(=O)[O-].CCC[CH2][Sn+2][CH2]CCC.CCC[CH2][Sn+2][CH2]CCC. The van der Waals surface area contributed by atoms with E-state index >= 15 is 0 Å². The summed E-state index contributed by atoms with van der Waals surface area (Å²) >= 11 is 0.299. The van der Waals surface area contributed by atoms with Crippen LogP contribution in [0.5, 0.6) is 0 Å². The van der Waals surface area contributed by atoms with Crippen molar-refractivity contribution in [2.45, 2.75) is 381 Å². The van der Waals surface area contributed by atoms with Gasteiger partial charge in [-0.05, 0) is 51.4 Å². The first kappa shape index (κ1) is 84.8. The summed E-state index contributed by atoms with van der Waals surface area (Å²) in [7, 11) is 0.